The average Bonchev–Trinajstić information content (AvgIpc) is 2.13. The van der Waals surface area contributed by atoms with Crippen LogP contribution in [0.4, 0.5) is 0 Å². The zero-order valence-corrected chi connectivity index (χ0v) is 7.17. The normalized spacial score (nSPS) is 40.2. The molecule has 1 fully saturated rings. The molecule has 1 aliphatic rings. The van der Waals surface area contributed by atoms with E-state index in [2.05, 4.69) is 6.58 Å². The summed E-state index contributed by atoms with van der Waals surface area (Å²) in [6, 6.07) is 0. The molecule has 1 rings (SSSR count). The molecule has 5 nitrogen and oxygen atoms in total. The highest BCUT2D eigenvalue weighted by Gasteiger charge is 2.37. The Labute approximate surface area is 76.2 Å². The van der Waals surface area contributed by atoms with E-state index in [1.807, 2.05) is 0 Å². The average molecular weight is 190 g/mol. The molecule has 1 heterocycles. The van der Waals surface area contributed by atoms with Crippen LogP contribution in [0.5, 0.6) is 0 Å². The number of aliphatic hydroxyl groups excluding tert-OH is 3. The Kier molecular flexibility index (Phi) is 3.83. The first-order valence-corrected chi connectivity index (χ1v) is 4.05. The summed E-state index contributed by atoms with van der Waals surface area (Å²) in [6.45, 7) is 3.62. The van der Waals surface area contributed by atoms with Gasteiger partial charge < -0.3 is 24.8 Å². The Morgan fingerprint density at radius 3 is 2.69 bits per heavy atom. The van der Waals surface area contributed by atoms with Gasteiger partial charge in [-0.15, -0.1) is 6.58 Å². The number of aliphatic hydroxyl groups is 3. The van der Waals surface area contributed by atoms with Gasteiger partial charge in [-0.05, 0) is 0 Å². The monoisotopic (exact) mass is 190 g/mol. The quantitative estimate of drug-likeness (QED) is 0.478. The zero-order chi connectivity index (χ0) is 9.84. The smallest absolute Gasteiger partial charge is 0.186 e. The Morgan fingerprint density at radius 2 is 2.08 bits per heavy atom. The molecule has 0 aromatic rings. The van der Waals surface area contributed by atoms with Gasteiger partial charge in [-0.1, -0.05) is 6.08 Å². The highest BCUT2D eigenvalue weighted by molar-refractivity contribution is 4.83. The van der Waals surface area contributed by atoms with Crippen LogP contribution in [0.3, 0.4) is 0 Å². The summed E-state index contributed by atoms with van der Waals surface area (Å²) in [5.74, 6) is 0. The fourth-order valence-electron chi connectivity index (χ4n) is 1.09. The van der Waals surface area contributed by atoms with E-state index in [1.165, 1.54) is 6.08 Å². The van der Waals surface area contributed by atoms with Crippen molar-refractivity contribution in [2.45, 2.75) is 24.6 Å². The first-order valence-electron chi connectivity index (χ1n) is 4.05. The molecule has 76 valence electrons. The van der Waals surface area contributed by atoms with Gasteiger partial charge in [-0.25, -0.2) is 0 Å². The summed E-state index contributed by atoms with van der Waals surface area (Å²) in [4.78, 5) is 0. The van der Waals surface area contributed by atoms with Gasteiger partial charge in [0.15, 0.2) is 6.29 Å². The Balaban J connectivity index is 2.43. The summed E-state index contributed by atoms with van der Waals surface area (Å²) in [7, 11) is 0. The molecule has 2 unspecified atom stereocenters. The molecule has 4 atom stereocenters. The van der Waals surface area contributed by atoms with E-state index < -0.39 is 24.6 Å². The van der Waals surface area contributed by atoms with Crippen molar-refractivity contribution in [2.24, 2.45) is 0 Å². The molecule has 0 amide bonds. The largest absolute Gasteiger partial charge is 0.388 e. The molecule has 0 saturated carbocycles. The summed E-state index contributed by atoms with van der Waals surface area (Å²) in [5.41, 5.74) is 0. The number of ether oxygens (including phenoxy) is 2. The second-order valence-electron chi connectivity index (χ2n) is 2.87. The predicted octanol–water partition coefficient (Wildman–Crippen LogP) is -1.37. The molecule has 0 spiro atoms. The van der Waals surface area contributed by atoms with Crippen molar-refractivity contribution in [2.75, 3.05) is 13.2 Å². The predicted molar refractivity (Wildman–Crippen MR) is 43.9 cm³/mol. The van der Waals surface area contributed by atoms with Crippen LogP contribution >= 0.6 is 0 Å². The molecule has 1 aliphatic heterocycles. The maximum atomic E-state index is 9.34. The Hall–Kier alpha value is -0.460. The number of rotatable bonds is 3. The fourth-order valence-corrected chi connectivity index (χ4v) is 1.09. The van der Waals surface area contributed by atoms with Crippen molar-refractivity contribution in [3.8, 4) is 0 Å². The first kappa shape index (κ1) is 10.6. The molecule has 1 saturated heterocycles. The molecule has 0 radical (unpaired) electrons. The van der Waals surface area contributed by atoms with E-state index in [9.17, 15) is 10.2 Å². The van der Waals surface area contributed by atoms with Gasteiger partial charge >= 0.3 is 0 Å². The van der Waals surface area contributed by atoms with Crippen LogP contribution in [0.2, 0.25) is 0 Å². The van der Waals surface area contributed by atoms with Crippen molar-refractivity contribution >= 4 is 0 Å². The standard InChI is InChI=1S/C8H14O5/c1-2-3-12-8-7(11)6(10)5(9)4-13-8/h2,5-11H,1,3-4H2/t5-,6?,7?,8-/m1/s1. The third kappa shape index (κ3) is 2.49. The highest BCUT2D eigenvalue weighted by Crippen LogP contribution is 2.16. The highest BCUT2D eigenvalue weighted by atomic mass is 16.7. The molecule has 0 aliphatic carbocycles. The van der Waals surface area contributed by atoms with E-state index in [0.717, 1.165) is 0 Å². The van der Waals surface area contributed by atoms with Crippen LogP contribution in [0, 0.1) is 0 Å². The molecular formula is C8H14O5. The minimum Gasteiger partial charge on any atom is -0.388 e. The first-order chi connectivity index (χ1) is 6.16. The number of hydrogen-bond donors (Lipinski definition) is 3. The van der Waals surface area contributed by atoms with Gasteiger partial charge in [0.1, 0.15) is 18.3 Å². The van der Waals surface area contributed by atoms with Gasteiger partial charge in [-0.2, -0.15) is 0 Å². The Bertz CT molecular complexity index is 172. The van der Waals surface area contributed by atoms with Gasteiger partial charge in [0, 0.05) is 0 Å². The third-order valence-corrected chi connectivity index (χ3v) is 1.83. The maximum absolute atomic E-state index is 9.34. The van der Waals surface area contributed by atoms with Crippen LogP contribution in [0.25, 0.3) is 0 Å². The Morgan fingerprint density at radius 1 is 1.38 bits per heavy atom. The molecule has 0 aromatic heterocycles. The van der Waals surface area contributed by atoms with Crippen LogP contribution < -0.4 is 0 Å². The molecule has 0 bridgehead atoms. The van der Waals surface area contributed by atoms with Crippen molar-refractivity contribution in [1.29, 1.82) is 0 Å². The van der Waals surface area contributed by atoms with Crippen LogP contribution in [0.15, 0.2) is 12.7 Å². The van der Waals surface area contributed by atoms with Gasteiger partial charge in [0.2, 0.25) is 0 Å². The number of hydrogen-bond acceptors (Lipinski definition) is 5. The lowest BCUT2D eigenvalue weighted by Crippen LogP contribution is -2.53. The van der Waals surface area contributed by atoms with Crippen LogP contribution in [-0.4, -0.2) is 53.1 Å². The minimum absolute atomic E-state index is 0.0416. The summed E-state index contributed by atoms with van der Waals surface area (Å²) >= 11 is 0. The second-order valence-corrected chi connectivity index (χ2v) is 2.87. The van der Waals surface area contributed by atoms with E-state index in [1.54, 1.807) is 0 Å². The summed E-state index contributed by atoms with van der Waals surface area (Å²) in [6.07, 6.45) is -2.88. The SMILES string of the molecule is C=CCO[C@@H]1OC[C@@H](O)C(O)C1O. The van der Waals surface area contributed by atoms with Gasteiger partial charge in [0.05, 0.1) is 13.2 Å². The topological polar surface area (TPSA) is 79.2 Å². The van der Waals surface area contributed by atoms with E-state index in [4.69, 9.17) is 14.6 Å². The van der Waals surface area contributed by atoms with Crippen molar-refractivity contribution < 1.29 is 24.8 Å². The van der Waals surface area contributed by atoms with Gasteiger partial charge in [0.25, 0.3) is 0 Å². The van der Waals surface area contributed by atoms with Crippen molar-refractivity contribution in [1.82, 2.24) is 0 Å². The van der Waals surface area contributed by atoms with Crippen molar-refractivity contribution in [3.63, 3.8) is 0 Å². The fraction of sp³-hybridized carbons (Fsp3) is 0.750. The molecule has 5 heteroatoms. The maximum Gasteiger partial charge on any atom is 0.186 e. The molecule has 3 N–H and O–H groups in total. The molecule has 0 aromatic carbocycles. The van der Waals surface area contributed by atoms with E-state index in [0.29, 0.717) is 0 Å². The lowest BCUT2D eigenvalue weighted by atomic mass is 10.1. The minimum atomic E-state index is -1.22. The van der Waals surface area contributed by atoms with Gasteiger partial charge in [-0.3, -0.25) is 0 Å². The lowest BCUT2D eigenvalue weighted by molar-refractivity contribution is -0.266. The third-order valence-electron chi connectivity index (χ3n) is 1.83. The van der Waals surface area contributed by atoms with Crippen LogP contribution in [0.1, 0.15) is 0 Å². The second kappa shape index (κ2) is 4.69. The summed E-state index contributed by atoms with van der Waals surface area (Å²) < 4.78 is 9.95. The zero-order valence-electron chi connectivity index (χ0n) is 7.17. The molecular weight excluding hydrogens is 176 g/mol. The lowest BCUT2D eigenvalue weighted by Gasteiger charge is -2.34. The van der Waals surface area contributed by atoms with Crippen LogP contribution in [-0.2, 0) is 9.47 Å². The molecule has 13 heavy (non-hydrogen) atoms. The van der Waals surface area contributed by atoms with Crippen molar-refractivity contribution in [3.05, 3.63) is 12.7 Å². The summed E-state index contributed by atoms with van der Waals surface area (Å²) in [5, 5.41) is 27.7. The van der Waals surface area contributed by atoms with E-state index >= 15 is 0 Å². The van der Waals surface area contributed by atoms with E-state index in [-0.39, 0.29) is 13.2 Å².